The molecule has 0 bridgehead atoms. The minimum absolute atomic E-state index is 0.244. The van der Waals surface area contributed by atoms with Gasteiger partial charge in [-0.15, -0.1) is 0 Å². The van der Waals surface area contributed by atoms with Crippen molar-refractivity contribution in [1.82, 2.24) is 5.32 Å². The van der Waals surface area contributed by atoms with Gasteiger partial charge in [0.2, 0.25) is 0 Å². The molecular formula is C28H49NO7. The number of rotatable bonds is 20. The Morgan fingerprint density at radius 1 is 0.806 bits per heavy atom. The van der Waals surface area contributed by atoms with Gasteiger partial charge in [-0.2, -0.15) is 0 Å². The Labute approximate surface area is 217 Å². The number of allylic oxidation sites excluding steroid dienone is 4. The summed E-state index contributed by atoms with van der Waals surface area (Å²) in [7, 11) is 0. The molecule has 0 spiro atoms. The standard InChI is InChI=1S/C28H49NO7/c1-5-6-7-8-9-10-11-12-13-14-15-16-17-18-19-20-25(31)34-22-24(30)23-35-26(32)21-29-27(33)36-28(2,3)4/h9-10,12-13,24,30H,5-8,11,14-23H2,1-4H3,(H,29,33)/b10-9-,13-12-. The van der Waals surface area contributed by atoms with Gasteiger partial charge in [0.25, 0.3) is 0 Å². The summed E-state index contributed by atoms with van der Waals surface area (Å²) in [5.41, 5.74) is -0.670. The molecule has 1 atom stereocenters. The van der Waals surface area contributed by atoms with Crippen LogP contribution < -0.4 is 5.32 Å². The summed E-state index contributed by atoms with van der Waals surface area (Å²) in [5, 5.41) is 12.1. The zero-order valence-electron chi connectivity index (χ0n) is 22.9. The normalized spacial score (nSPS) is 12.6. The molecule has 0 aromatic heterocycles. The molecule has 0 heterocycles. The van der Waals surface area contributed by atoms with Crippen molar-refractivity contribution in [3.05, 3.63) is 24.3 Å². The van der Waals surface area contributed by atoms with Gasteiger partial charge in [-0.3, -0.25) is 9.59 Å². The highest BCUT2D eigenvalue weighted by Gasteiger charge is 2.17. The van der Waals surface area contributed by atoms with E-state index in [2.05, 4.69) is 36.5 Å². The summed E-state index contributed by atoms with van der Waals surface area (Å²) in [4.78, 5) is 34.9. The maximum Gasteiger partial charge on any atom is 0.408 e. The molecule has 1 amide bonds. The zero-order valence-corrected chi connectivity index (χ0v) is 22.9. The smallest absolute Gasteiger partial charge is 0.408 e. The zero-order chi connectivity index (χ0) is 27.1. The van der Waals surface area contributed by atoms with Gasteiger partial charge >= 0.3 is 18.0 Å². The van der Waals surface area contributed by atoms with Gasteiger partial charge in [0.15, 0.2) is 0 Å². The molecule has 0 aromatic rings. The highest BCUT2D eigenvalue weighted by molar-refractivity contribution is 5.78. The number of nitrogens with one attached hydrogen (secondary N) is 1. The molecule has 8 heteroatoms. The van der Waals surface area contributed by atoms with Crippen LogP contribution in [-0.2, 0) is 23.8 Å². The number of aliphatic hydroxyl groups is 1. The van der Waals surface area contributed by atoms with Gasteiger partial charge in [0.05, 0.1) is 0 Å². The number of carbonyl (C=O) groups excluding carboxylic acids is 3. The topological polar surface area (TPSA) is 111 Å². The number of esters is 2. The quantitative estimate of drug-likeness (QED) is 0.0923. The van der Waals surface area contributed by atoms with Gasteiger partial charge in [0.1, 0.15) is 31.5 Å². The lowest BCUT2D eigenvalue weighted by Crippen LogP contribution is -2.36. The fraction of sp³-hybridized carbons (Fsp3) is 0.750. The van der Waals surface area contributed by atoms with Crippen LogP contribution in [0.5, 0.6) is 0 Å². The van der Waals surface area contributed by atoms with Crippen LogP contribution in [0.3, 0.4) is 0 Å². The first-order valence-corrected chi connectivity index (χ1v) is 13.4. The Balaban J connectivity index is 3.61. The van der Waals surface area contributed by atoms with E-state index in [-0.39, 0.29) is 25.7 Å². The van der Waals surface area contributed by atoms with E-state index in [0.717, 1.165) is 44.9 Å². The fourth-order valence-electron chi connectivity index (χ4n) is 3.09. The van der Waals surface area contributed by atoms with Crippen molar-refractivity contribution in [3.8, 4) is 0 Å². The Morgan fingerprint density at radius 2 is 1.36 bits per heavy atom. The summed E-state index contributed by atoms with van der Waals surface area (Å²) in [6.45, 7) is 6.39. The highest BCUT2D eigenvalue weighted by atomic mass is 16.6. The van der Waals surface area contributed by atoms with Crippen LogP contribution >= 0.6 is 0 Å². The third kappa shape index (κ3) is 24.8. The Bertz CT molecular complexity index is 653. The minimum Gasteiger partial charge on any atom is -0.463 e. The summed E-state index contributed by atoms with van der Waals surface area (Å²) < 4.78 is 14.9. The molecular weight excluding hydrogens is 462 g/mol. The van der Waals surface area contributed by atoms with Crippen LogP contribution in [-0.4, -0.2) is 54.6 Å². The second-order valence-electron chi connectivity index (χ2n) is 9.86. The fourth-order valence-corrected chi connectivity index (χ4v) is 3.09. The maximum absolute atomic E-state index is 11.8. The van der Waals surface area contributed by atoms with E-state index >= 15 is 0 Å². The van der Waals surface area contributed by atoms with Crippen molar-refractivity contribution in [3.63, 3.8) is 0 Å². The molecule has 0 aromatic carbocycles. The number of amides is 1. The molecule has 0 saturated carbocycles. The third-order valence-corrected chi connectivity index (χ3v) is 4.98. The van der Waals surface area contributed by atoms with Crippen molar-refractivity contribution >= 4 is 18.0 Å². The molecule has 0 aliphatic heterocycles. The number of hydrogen-bond donors (Lipinski definition) is 2. The van der Waals surface area contributed by atoms with E-state index in [1.54, 1.807) is 20.8 Å². The van der Waals surface area contributed by atoms with Crippen molar-refractivity contribution in [1.29, 1.82) is 0 Å². The van der Waals surface area contributed by atoms with Crippen LogP contribution in [0.2, 0.25) is 0 Å². The number of aliphatic hydroxyl groups excluding tert-OH is 1. The van der Waals surface area contributed by atoms with Crippen LogP contribution in [0.1, 0.15) is 105 Å². The van der Waals surface area contributed by atoms with Crippen molar-refractivity contribution in [2.75, 3.05) is 19.8 Å². The first-order chi connectivity index (χ1) is 17.1. The molecule has 0 rings (SSSR count). The first-order valence-electron chi connectivity index (χ1n) is 13.4. The number of hydrogen-bond acceptors (Lipinski definition) is 7. The second kappa shape index (κ2) is 21.9. The molecule has 208 valence electrons. The third-order valence-electron chi connectivity index (χ3n) is 4.98. The molecule has 36 heavy (non-hydrogen) atoms. The van der Waals surface area contributed by atoms with E-state index in [9.17, 15) is 19.5 Å². The highest BCUT2D eigenvalue weighted by Crippen LogP contribution is 2.09. The van der Waals surface area contributed by atoms with Gasteiger partial charge in [-0.1, -0.05) is 63.3 Å². The van der Waals surface area contributed by atoms with Crippen LogP contribution in [0.15, 0.2) is 24.3 Å². The Morgan fingerprint density at radius 3 is 1.97 bits per heavy atom. The molecule has 0 aliphatic carbocycles. The van der Waals surface area contributed by atoms with Crippen LogP contribution in [0, 0.1) is 0 Å². The van der Waals surface area contributed by atoms with E-state index in [1.807, 2.05) is 0 Å². The lowest BCUT2D eigenvalue weighted by atomic mass is 10.1. The Kier molecular flexibility index (Phi) is 20.5. The van der Waals surface area contributed by atoms with Crippen molar-refractivity contribution in [2.45, 2.75) is 116 Å². The van der Waals surface area contributed by atoms with Crippen molar-refractivity contribution < 1.29 is 33.7 Å². The predicted octanol–water partition coefficient (Wildman–Crippen LogP) is 5.77. The maximum atomic E-state index is 11.8. The number of carbonyl (C=O) groups is 3. The van der Waals surface area contributed by atoms with E-state index in [0.29, 0.717) is 6.42 Å². The summed E-state index contributed by atoms with van der Waals surface area (Å²) >= 11 is 0. The summed E-state index contributed by atoms with van der Waals surface area (Å²) in [5.74, 6) is -1.10. The predicted molar refractivity (Wildman–Crippen MR) is 142 cm³/mol. The summed E-state index contributed by atoms with van der Waals surface area (Å²) in [6, 6.07) is 0. The van der Waals surface area contributed by atoms with Gasteiger partial charge in [-0.05, 0) is 59.3 Å². The molecule has 8 nitrogen and oxygen atoms in total. The first kappa shape index (κ1) is 33.7. The van der Waals surface area contributed by atoms with Gasteiger partial charge in [-0.25, -0.2) is 4.79 Å². The SMILES string of the molecule is CCCCC/C=C\C/C=C\CCCCCCCC(=O)OCC(O)COC(=O)CNC(=O)OC(C)(C)C. The van der Waals surface area contributed by atoms with Crippen molar-refractivity contribution in [2.24, 2.45) is 0 Å². The second-order valence-corrected chi connectivity index (χ2v) is 9.86. The molecule has 0 fully saturated rings. The van der Waals surface area contributed by atoms with Gasteiger partial charge in [0, 0.05) is 6.42 Å². The van der Waals surface area contributed by atoms with E-state index < -0.39 is 23.8 Å². The number of alkyl carbamates (subject to hydrolysis) is 1. The van der Waals surface area contributed by atoms with Crippen LogP contribution in [0.4, 0.5) is 4.79 Å². The molecule has 0 saturated heterocycles. The molecule has 2 N–H and O–H groups in total. The average Bonchev–Trinajstić information content (AvgIpc) is 2.81. The minimum atomic E-state index is -1.12. The lowest BCUT2D eigenvalue weighted by molar-refractivity contribution is -0.151. The van der Waals surface area contributed by atoms with Crippen LogP contribution in [0.25, 0.3) is 0 Å². The largest absolute Gasteiger partial charge is 0.463 e. The number of unbranched alkanes of at least 4 members (excludes halogenated alkanes) is 8. The van der Waals surface area contributed by atoms with E-state index in [1.165, 1.54) is 25.7 Å². The Hall–Kier alpha value is -2.35. The molecule has 0 radical (unpaired) electrons. The average molecular weight is 512 g/mol. The monoisotopic (exact) mass is 511 g/mol. The number of ether oxygens (including phenoxy) is 3. The van der Waals surface area contributed by atoms with E-state index in [4.69, 9.17) is 14.2 Å². The molecule has 0 aliphatic rings. The molecule has 1 unspecified atom stereocenters. The lowest BCUT2D eigenvalue weighted by Gasteiger charge is -2.19. The summed E-state index contributed by atoms with van der Waals surface area (Å²) in [6.07, 6.45) is 19.6. The van der Waals surface area contributed by atoms with Gasteiger partial charge < -0.3 is 24.6 Å².